The smallest absolute Gasteiger partial charge is 0.308 e. The molecule has 274 valence electrons. The van der Waals surface area contributed by atoms with Gasteiger partial charge in [0, 0.05) is 67.1 Å². The molecule has 5 fully saturated rings. The Morgan fingerprint density at radius 1 is 0.820 bits per heavy atom. The van der Waals surface area contributed by atoms with E-state index in [2.05, 4.69) is 6.08 Å². The first kappa shape index (κ1) is 36.1. The lowest BCUT2D eigenvalue weighted by Crippen LogP contribution is -2.80. The Labute approximate surface area is 292 Å². The summed E-state index contributed by atoms with van der Waals surface area (Å²) < 4.78 is 36.6. The summed E-state index contributed by atoms with van der Waals surface area (Å²) in [6.45, 7) is 14.9. The van der Waals surface area contributed by atoms with Gasteiger partial charge in [-0.15, -0.1) is 0 Å². The van der Waals surface area contributed by atoms with Gasteiger partial charge < -0.3 is 28.4 Å². The highest BCUT2D eigenvalue weighted by Crippen LogP contribution is 2.80. The molecule has 0 amide bonds. The third-order valence-corrected chi connectivity index (χ3v) is 12.9. The van der Waals surface area contributed by atoms with E-state index >= 15 is 0 Å². The summed E-state index contributed by atoms with van der Waals surface area (Å²) in [4.78, 5) is 77.6. The lowest BCUT2D eigenvalue weighted by Gasteiger charge is -2.76. The van der Waals surface area contributed by atoms with Gasteiger partial charge in [-0.3, -0.25) is 28.8 Å². The van der Waals surface area contributed by atoms with Crippen LogP contribution in [0.25, 0.3) is 0 Å². The Bertz CT molecular complexity index is 1560. The van der Waals surface area contributed by atoms with Crippen LogP contribution in [0.15, 0.2) is 23.8 Å². The Hall–Kier alpha value is -3.70. The number of hydrogen-bond acceptors (Lipinski definition) is 12. The van der Waals surface area contributed by atoms with E-state index < -0.39 is 99.8 Å². The van der Waals surface area contributed by atoms with Gasteiger partial charge in [-0.05, 0) is 31.3 Å². The maximum atomic E-state index is 13.6. The fraction of sp³-hybridized carbons (Fsp3) is 0.737. The number of carbonyl (C=O) groups is 6. The summed E-state index contributed by atoms with van der Waals surface area (Å²) in [5, 5.41) is 0. The summed E-state index contributed by atoms with van der Waals surface area (Å²) in [5.74, 6) is -4.97. The first-order valence-electron chi connectivity index (χ1n) is 17.7. The van der Waals surface area contributed by atoms with Crippen LogP contribution in [0.5, 0.6) is 0 Å². The molecule has 7 rings (SSSR count). The Kier molecular flexibility index (Phi) is 8.82. The van der Waals surface area contributed by atoms with Crippen LogP contribution < -0.4 is 0 Å². The van der Waals surface area contributed by atoms with Crippen LogP contribution in [0.1, 0.15) is 88.0 Å². The number of esters is 6. The third kappa shape index (κ3) is 5.29. The van der Waals surface area contributed by atoms with Crippen LogP contribution in [0, 0.1) is 51.2 Å². The normalized spacial score (nSPS) is 41.9. The zero-order valence-corrected chi connectivity index (χ0v) is 30.4. The molecule has 0 unspecified atom stereocenters. The number of fused-ring (bicyclic) bond motifs is 2. The minimum absolute atomic E-state index is 0.169. The predicted molar refractivity (Wildman–Crippen MR) is 174 cm³/mol. The first-order chi connectivity index (χ1) is 23.3. The van der Waals surface area contributed by atoms with E-state index in [1.165, 1.54) is 27.7 Å². The Morgan fingerprint density at radius 2 is 1.42 bits per heavy atom. The standard InChI is InChI=1S/C38H50O12/c1-18(2)34(44)50-33-28(47-20(4)40)30-35(7,8)26(46-19(3)39)12-13-37(30)17-38(33)15-24-10-11-25(23-14-27(43)45-16-23)36(24,9)32(49-22(6)42)29(31(37)38)48-21(5)41/h10,12-13,18,23,25-26,28-33H,11,14-17H2,1-9H3/t23-,25+,26-,28-,29+,30-,31-,32+,33-,36-,37-,38-/m1/s1. The van der Waals surface area contributed by atoms with Crippen LogP contribution in [0.4, 0.5) is 0 Å². The molecule has 4 saturated carbocycles. The molecule has 1 saturated heterocycles. The second-order valence-corrected chi connectivity index (χ2v) is 16.6. The molecule has 7 aliphatic rings. The highest BCUT2D eigenvalue weighted by atomic mass is 16.6. The summed E-state index contributed by atoms with van der Waals surface area (Å²) in [7, 11) is 0. The van der Waals surface area contributed by atoms with Crippen molar-refractivity contribution in [2.45, 2.75) is 119 Å². The maximum Gasteiger partial charge on any atom is 0.308 e. The first-order valence-corrected chi connectivity index (χ1v) is 17.7. The van der Waals surface area contributed by atoms with E-state index in [1.54, 1.807) is 13.8 Å². The quantitative estimate of drug-likeness (QED) is 0.210. The molecular weight excluding hydrogens is 648 g/mol. The zero-order valence-electron chi connectivity index (χ0n) is 30.4. The van der Waals surface area contributed by atoms with E-state index in [9.17, 15) is 28.8 Å². The van der Waals surface area contributed by atoms with Crippen LogP contribution in [0.2, 0.25) is 0 Å². The summed E-state index contributed by atoms with van der Waals surface area (Å²) in [6, 6.07) is 0. The van der Waals surface area contributed by atoms with Gasteiger partial charge in [0.2, 0.25) is 0 Å². The van der Waals surface area contributed by atoms with Crippen molar-refractivity contribution >= 4 is 35.8 Å². The van der Waals surface area contributed by atoms with E-state index in [-0.39, 0.29) is 30.8 Å². The average Bonchev–Trinajstić information content (AvgIpc) is 3.53. The fourth-order valence-corrected chi connectivity index (χ4v) is 11.4. The molecule has 1 heterocycles. The van der Waals surface area contributed by atoms with Crippen LogP contribution >= 0.6 is 0 Å². The van der Waals surface area contributed by atoms with Crippen molar-refractivity contribution in [2.75, 3.05) is 6.61 Å². The predicted octanol–water partition coefficient (Wildman–Crippen LogP) is 4.42. The number of cyclic esters (lactones) is 1. The van der Waals surface area contributed by atoms with Gasteiger partial charge in [0.15, 0.2) is 0 Å². The highest BCUT2D eigenvalue weighted by Gasteiger charge is 2.84. The van der Waals surface area contributed by atoms with Gasteiger partial charge in [-0.2, -0.15) is 0 Å². The number of allylic oxidation sites excluding steroid dienone is 2. The zero-order chi connectivity index (χ0) is 36.7. The maximum absolute atomic E-state index is 13.6. The van der Waals surface area contributed by atoms with Crippen molar-refractivity contribution in [3.8, 4) is 0 Å². The number of hydrogen-bond donors (Lipinski definition) is 0. The molecule has 6 aliphatic carbocycles. The molecule has 50 heavy (non-hydrogen) atoms. The Morgan fingerprint density at radius 3 is 1.96 bits per heavy atom. The molecule has 0 aromatic carbocycles. The minimum atomic E-state index is -1.02. The molecule has 0 radical (unpaired) electrons. The molecule has 2 spiro atoms. The van der Waals surface area contributed by atoms with E-state index in [4.69, 9.17) is 28.4 Å². The van der Waals surface area contributed by atoms with Crippen LogP contribution in [-0.2, 0) is 57.2 Å². The number of rotatable bonds is 7. The fourth-order valence-electron chi connectivity index (χ4n) is 11.4. The summed E-state index contributed by atoms with van der Waals surface area (Å²) in [6.07, 6.45) is 2.98. The largest absolute Gasteiger partial charge is 0.465 e. The van der Waals surface area contributed by atoms with Crippen molar-refractivity contribution in [3.05, 3.63) is 23.8 Å². The van der Waals surface area contributed by atoms with E-state index in [0.717, 1.165) is 5.57 Å². The van der Waals surface area contributed by atoms with Crippen molar-refractivity contribution in [2.24, 2.45) is 51.2 Å². The summed E-state index contributed by atoms with van der Waals surface area (Å²) >= 11 is 0. The molecule has 0 aromatic heterocycles. The van der Waals surface area contributed by atoms with Crippen LogP contribution in [-0.4, -0.2) is 72.9 Å². The molecule has 12 heteroatoms. The van der Waals surface area contributed by atoms with Crippen molar-refractivity contribution in [3.63, 3.8) is 0 Å². The van der Waals surface area contributed by atoms with Crippen LogP contribution in [0.3, 0.4) is 0 Å². The molecule has 1 aliphatic heterocycles. The minimum Gasteiger partial charge on any atom is -0.465 e. The SMILES string of the molecule is CC(=O)O[C@@H]1[C@@H]2C(C)(C)[C@H](OC(C)=O)C=C[C@@]23C[C@@]2(CC4=CC[C@@H]([C@H]5COC(=O)C5)[C@]4(C)[C@@H](OC(C)=O)[C@@H](OC(C)=O)[C@H]32)[C@@H]1OC(=O)C(C)C. The summed E-state index contributed by atoms with van der Waals surface area (Å²) in [5.41, 5.74) is -2.56. The van der Waals surface area contributed by atoms with Gasteiger partial charge >= 0.3 is 35.8 Å². The number of carbonyl (C=O) groups excluding carboxylic acids is 6. The van der Waals surface area contributed by atoms with Gasteiger partial charge in [-0.1, -0.05) is 52.3 Å². The highest BCUT2D eigenvalue weighted by molar-refractivity contribution is 5.73. The molecule has 0 aromatic rings. The molecule has 2 bridgehead atoms. The van der Waals surface area contributed by atoms with Crippen molar-refractivity contribution in [1.29, 1.82) is 0 Å². The monoisotopic (exact) mass is 698 g/mol. The third-order valence-electron chi connectivity index (χ3n) is 12.9. The molecular formula is C38H50O12. The van der Waals surface area contributed by atoms with E-state index in [0.29, 0.717) is 19.3 Å². The van der Waals surface area contributed by atoms with Gasteiger partial charge in [-0.25, -0.2) is 0 Å². The van der Waals surface area contributed by atoms with Crippen molar-refractivity contribution < 1.29 is 57.2 Å². The van der Waals surface area contributed by atoms with Crippen molar-refractivity contribution in [1.82, 2.24) is 0 Å². The molecule has 0 N–H and O–H groups in total. The lowest BCUT2D eigenvalue weighted by atomic mass is 9.29. The number of ether oxygens (including phenoxy) is 6. The lowest BCUT2D eigenvalue weighted by molar-refractivity contribution is -0.337. The van der Waals surface area contributed by atoms with Gasteiger partial charge in [0.05, 0.1) is 18.9 Å². The van der Waals surface area contributed by atoms with E-state index in [1.807, 2.05) is 32.9 Å². The van der Waals surface area contributed by atoms with Gasteiger partial charge in [0.25, 0.3) is 0 Å². The Balaban J connectivity index is 1.63. The topological polar surface area (TPSA) is 158 Å². The average molecular weight is 699 g/mol. The second kappa shape index (κ2) is 12.2. The molecule has 12 nitrogen and oxygen atoms in total. The molecule has 12 atom stereocenters. The van der Waals surface area contributed by atoms with Gasteiger partial charge in [0.1, 0.15) is 30.5 Å². The second-order valence-electron chi connectivity index (χ2n) is 16.6.